The van der Waals surface area contributed by atoms with E-state index in [4.69, 9.17) is 12.2 Å². The lowest BCUT2D eigenvalue weighted by atomic mass is 9.97. The Morgan fingerprint density at radius 1 is 0.889 bits per heavy atom. The zero-order chi connectivity index (χ0) is 18.9. The van der Waals surface area contributed by atoms with Crippen LogP contribution in [-0.4, -0.2) is 16.1 Å². The molecule has 0 atom stereocenters. The lowest BCUT2D eigenvalue weighted by Gasteiger charge is -2.30. The summed E-state index contributed by atoms with van der Waals surface area (Å²) in [7, 11) is 0. The van der Waals surface area contributed by atoms with Crippen molar-refractivity contribution < 1.29 is 0 Å². The van der Waals surface area contributed by atoms with Gasteiger partial charge in [0.05, 0.1) is 0 Å². The third-order valence-corrected chi connectivity index (χ3v) is 5.93. The van der Waals surface area contributed by atoms with Crippen molar-refractivity contribution in [1.82, 2.24) is 10.2 Å². The van der Waals surface area contributed by atoms with Gasteiger partial charge < -0.3 is 10.2 Å². The molecular weight excluding hydrogens is 348 g/mol. The van der Waals surface area contributed by atoms with E-state index in [0.717, 1.165) is 18.2 Å². The van der Waals surface area contributed by atoms with E-state index >= 15 is 0 Å². The van der Waals surface area contributed by atoms with Crippen LogP contribution in [0.2, 0.25) is 0 Å². The Labute approximate surface area is 170 Å². The van der Waals surface area contributed by atoms with E-state index in [1.165, 1.54) is 61.6 Å². The predicted octanol–water partition coefficient (Wildman–Crippen LogP) is 5.98. The van der Waals surface area contributed by atoms with Gasteiger partial charge in [-0.25, -0.2) is 0 Å². The average molecular weight is 381 g/mol. The van der Waals surface area contributed by atoms with Crippen LogP contribution in [0.15, 0.2) is 54.6 Å². The molecule has 0 radical (unpaired) electrons. The van der Waals surface area contributed by atoms with Crippen LogP contribution in [0, 0.1) is 6.92 Å². The molecule has 27 heavy (non-hydrogen) atoms. The number of rotatable bonds is 5. The molecule has 1 aliphatic carbocycles. The Morgan fingerprint density at radius 2 is 1.52 bits per heavy atom. The molecule has 2 aromatic rings. The molecule has 0 heterocycles. The fraction of sp³-hybridized carbons (Fsp3) is 0.458. The van der Waals surface area contributed by atoms with Crippen molar-refractivity contribution in [1.29, 1.82) is 0 Å². The molecule has 0 bridgehead atoms. The van der Waals surface area contributed by atoms with Crippen LogP contribution in [0.5, 0.6) is 0 Å². The molecule has 0 unspecified atom stereocenters. The van der Waals surface area contributed by atoms with E-state index in [2.05, 4.69) is 71.7 Å². The van der Waals surface area contributed by atoms with Gasteiger partial charge in [-0.1, -0.05) is 86.7 Å². The van der Waals surface area contributed by atoms with Crippen LogP contribution in [0.25, 0.3) is 0 Å². The SMILES string of the molecule is Cc1ccccc1CN(Cc1ccccc1)C(=S)NC1CCCCCCC1. The number of thiocarbonyl (C=S) groups is 1. The van der Waals surface area contributed by atoms with E-state index in [0.29, 0.717) is 6.04 Å². The first-order valence-electron chi connectivity index (χ1n) is 10.4. The van der Waals surface area contributed by atoms with Crippen LogP contribution < -0.4 is 5.32 Å². The number of hydrogen-bond acceptors (Lipinski definition) is 1. The molecule has 0 amide bonds. The number of hydrogen-bond donors (Lipinski definition) is 1. The maximum Gasteiger partial charge on any atom is 0.169 e. The molecule has 2 aromatic carbocycles. The summed E-state index contributed by atoms with van der Waals surface area (Å²) in [5.41, 5.74) is 3.97. The standard InChI is InChI=1S/C24H32N2S/c1-20-12-10-11-15-22(20)19-26(18-21-13-6-5-7-14-21)24(27)25-23-16-8-3-2-4-9-17-23/h5-7,10-15,23H,2-4,8-9,16-19H2,1H3,(H,25,27). The van der Waals surface area contributed by atoms with Crippen molar-refractivity contribution >= 4 is 17.3 Å². The Balaban J connectivity index is 1.71. The van der Waals surface area contributed by atoms with Gasteiger partial charge in [0.25, 0.3) is 0 Å². The monoisotopic (exact) mass is 380 g/mol. The normalized spacial score (nSPS) is 15.6. The van der Waals surface area contributed by atoms with Gasteiger partial charge in [-0.15, -0.1) is 0 Å². The van der Waals surface area contributed by atoms with E-state index in [-0.39, 0.29) is 0 Å². The third-order valence-electron chi connectivity index (χ3n) is 5.56. The van der Waals surface area contributed by atoms with Gasteiger partial charge in [0.15, 0.2) is 5.11 Å². The maximum atomic E-state index is 5.89. The maximum absolute atomic E-state index is 5.89. The summed E-state index contributed by atoms with van der Waals surface area (Å²) in [5, 5.41) is 4.60. The van der Waals surface area contributed by atoms with Crippen LogP contribution >= 0.6 is 12.2 Å². The first-order chi connectivity index (χ1) is 13.2. The minimum absolute atomic E-state index is 0.521. The molecule has 0 aromatic heterocycles. The molecule has 3 heteroatoms. The lowest BCUT2D eigenvalue weighted by Crippen LogP contribution is -2.44. The van der Waals surface area contributed by atoms with Gasteiger partial charge in [0, 0.05) is 19.1 Å². The molecule has 2 nitrogen and oxygen atoms in total. The molecule has 1 saturated carbocycles. The minimum Gasteiger partial charge on any atom is -0.360 e. The number of nitrogens with one attached hydrogen (secondary N) is 1. The Morgan fingerprint density at radius 3 is 2.22 bits per heavy atom. The zero-order valence-corrected chi connectivity index (χ0v) is 17.3. The van der Waals surface area contributed by atoms with E-state index < -0.39 is 0 Å². The molecule has 3 rings (SSSR count). The predicted molar refractivity (Wildman–Crippen MR) is 119 cm³/mol. The lowest BCUT2D eigenvalue weighted by molar-refractivity contribution is 0.370. The first-order valence-corrected chi connectivity index (χ1v) is 10.8. The summed E-state index contributed by atoms with van der Waals surface area (Å²) in [6.07, 6.45) is 9.23. The molecule has 1 fully saturated rings. The quantitative estimate of drug-likeness (QED) is 0.642. The topological polar surface area (TPSA) is 15.3 Å². The Bertz CT molecular complexity index is 705. The van der Waals surface area contributed by atoms with Crippen molar-refractivity contribution in [3.8, 4) is 0 Å². The highest BCUT2D eigenvalue weighted by Crippen LogP contribution is 2.19. The van der Waals surface area contributed by atoms with Crippen molar-refractivity contribution in [2.75, 3.05) is 0 Å². The fourth-order valence-electron chi connectivity index (χ4n) is 3.86. The number of nitrogens with zero attached hydrogens (tertiary/aromatic N) is 1. The highest BCUT2D eigenvalue weighted by atomic mass is 32.1. The van der Waals surface area contributed by atoms with E-state index in [1.54, 1.807) is 0 Å². The van der Waals surface area contributed by atoms with Crippen LogP contribution in [-0.2, 0) is 13.1 Å². The van der Waals surface area contributed by atoms with Gasteiger partial charge in [0.2, 0.25) is 0 Å². The van der Waals surface area contributed by atoms with Gasteiger partial charge in [-0.05, 0) is 48.7 Å². The Hall–Kier alpha value is -1.87. The van der Waals surface area contributed by atoms with Crippen LogP contribution in [0.3, 0.4) is 0 Å². The fourth-order valence-corrected chi connectivity index (χ4v) is 4.16. The van der Waals surface area contributed by atoms with Crippen molar-refractivity contribution in [3.05, 3.63) is 71.3 Å². The van der Waals surface area contributed by atoms with Gasteiger partial charge >= 0.3 is 0 Å². The van der Waals surface area contributed by atoms with Crippen molar-refractivity contribution in [2.45, 2.75) is 71.0 Å². The average Bonchev–Trinajstić information content (AvgIpc) is 2.66. The Kier molecular flexibility index (Phi) is 7.70. The summed E-state index contributed by atoms with van der Waals surface area (Å²) < 4.78 is 0. The second-order valence-corrected chi connectivity index (χ2v) is 8.15. The van der Waals surface area contributed by atoms with Gasteiger partial charge in [-0.2, -0.15) is 0 Å². The molecule has 144 valence electrons. The molecule has 1 N–H and O–H groups in total. The van der Waals surface area contributed by atoms with Gasteiger partial charge in [0.1, 0.15) is 0 Å². The summed E-state index contributed by atoms with van der Waals surface area (Å²) in [5.74, 6) is 0. The summed E-state index contributed by atoms with van der Waals surface area (Å²) in [4.78, 5) is 2.33. The first kappa shape index (κ1) is 19.9. The smallest absolute Gasteiger partial charge is 0.169 e. The number of aryl methyl sites for hydroxylation is 1. The third kappa shape index (κ3) is 6.35. The second-order valence-electron chi connectivity index (χ2n) is 7.76. The van der Waals surface area contributed by atoms with E-state index in [1.807, 2.05) is 0 Å². The van der Waals surface area contributed by atoms with Crippen molar-refractivity contribution in [2.24, 2.45) is 0 Å². The molecule has 0 saturated heterocycles. The minimum atomic E-state index is 0.521. The largest absolute Gasteiger partial charge is 0.360 e. The summed E-state index contributed by atoms with van der Waals surface area (Å²) in [6.45, 7) is 3.87. The van der Waals surface area contributed by atoms with Crippen LogP contribution in [0.4, 0.5) is 0 Å². The summed E-state index contributed by atoms with van der Waals surface area (Å²) in [6, 6.07) is 19.8. The molecule has 1 aliphatic rings. The molecule has 0 spiro atoms. The number of benzene rings is 2. The zero-order valence-electron chi connectivity index (χ0n) is 16.5. The highest BCUT2D eigenvalue weighted by Gasteiger charge is 2.17. The van der Waals surface area contributed by atoms with E-state index in [9.17, 15) is 0 Å². The highest BCUT2D eigenvalue weighted by molar-refractivity contribution is 7.80. The van der Waals surface area contributed by atoms with Gasteiger partial charge in [-0.3, -0.25) is 0 Å². The molecular formula is C24H32N2S. The summed E-state index contributed by atoms with van der Waals surface area (Å²) >= 11 is 5.89. The molecule has 0 aliphatic heterocycles. The van der Waals surface area contributed by atoms with Crippen LogP contribution in [0.1, 0.15) is 61.6 Å². The second kappa shape index (κ2) is 10.5. The van der Waals surface area contributed by atoms with Crippen molar-refractivity contribution in [3.63, 3.8) is 0 Å².